The van der Waals surface area contributed by atoms with Gasteiger partial charge in [0.1, 0.15) is 11.6 Å². The summed E-state index contributed by atoms with van der Waals surface area (Å²) in [4.78, 5) is 14.4. The number of pyridine rings is 1. The minimum Gasteiger partial charge on any atom is -0.453 e. The number of anilines is 1. The minimum absolute atomic E-state index is 0.269. The van der Waals surface area contributed by atoms with Crippen LogP contribution in [0.1, 0.15) is 19.4 Å². The molecule has 0 bridgehead atoms. The summed E-state index contributed by atoms with van der Waals surface area (Å²) in [7, 11) is 1.24. The molecule has 84 valence electrons. The van der Waals surface area contributed by atoms with Gasteiger partial charge in [0.05, 0.1) is 13.3 Å². The first kappa shape index (κ1) is 13.4. The quantitative estimate of drug-likeness (QED) is 0.782. The summed E-state index contributed by atoms with van der Waals surface area (Å²) in [6, 6.07) is 1.42. The molecule has 0 aromatic carbocycles. The molecule has 0 aliphatic carbocycles. The lowest BCUT2D eigenvalue weighted by Gasteiger charge is -2.03. The zero-order chi connectivity index (χ0) is 11.8. The Morgan fingerprint density at radius 1 is 1.53 bits per heavy atom. The molecular weight excluding hydrogens is 199 g/mol. The molecule has 0 aliphatic heterocycles. The number of rotatable bonds is 1. The molecule has 0 fully saturated rings. The minimum atomic E-state index is -0.626. The lowest BCUT2D eigenvalue weighted by Crippen LogP contribution is -2.12. The molecule has 1 N–H and O–H groups in total. The van der Waals surface area contributed by atoms with Crippen molar-refractivity contribution in [3.63, 3.8) is 0 Å². The zero-order valence-corrected chi connectivity index (χ0v) is 9.30. The summed E-state index contributed by atoms with van der Waals surface area (Å²) in [6.07, 6.45) is 0.416. The summed E-state index contributed by atoms with van der Waals surface area (Å²) in [5.74, 6) is -0.138. The molecule has 0 radical (unpaired) electrons. The number of amides is 1. The van der Waals surface area contributed by atoms with Crippen molar-refractivity contribution in [2.75, 3.05) is 12.4 Å². The van der Waals surface area contributed by atoms with Gasteiger partial charge in [-0.25, -0.2) is 14.2 Å². The number of nitrogens with one attached hydrogen (secondary N) is 1. The van der Waals surface area contributed by atoms with Gasteiger partial charge in [-0.3, -0.25) is 5.32 Å². The highest BCUT2D eigenvalue weighted by Crippen LogP contribution is 2.09. The van der Waals surface area contributed by atoms with Crippen LogP contribution in [-0.2, 0) is 4.74 Å². The van der Waals surface area contributed by atoms with E-state index in [1.165, 1.54) is 13.2 Å². The molecule has 5 heteroatoms. The molecule has 1 amide bonds. The Labute approximate surface area is 88.5 Å². The number of hydrogen-bond donors (Lipinski definition) is 1. The number of aromatic nitrogens is 1. The van der Waals surface area contributed by atoms with Crippen molar-refractivity contribution >= 4 is 11.9 Å². The first-order chi connectivity index (χ1) is 7.13. The molecule has 0 spiro atoms. The van der Waals surface area contributed by atoms with Crippen molar-refractivity contribution in [3.8, 4) is 0 Å². The second kappa shape index (κ2) is 6.75. The van der Waals surface area contributed by atoms with Gasteiger partial charge in [-0.15, -0.1) is 0 Å². The van der Waals surface area contributed by atoms with E-state index >= 15 is 0 Å². The van der Waals surface area contributed by atoms with Crippen LogP contribution < -0.4 is 5.32 Å². The van der Waals surface area contributed by atoms with Crippen molar-refractivity contribution in [1.29, 1.82) is 0 Å². The van der Waals surface area contributed by atoms with E-state index in [0.717, 1.165) is 6.20 Å². The number of ether oxygens (including phenoxy) is 1. The fourth-order valence-corrected chi connectivity index (χ4v) is 0.763. The van der Waals surface area contributed by atoms with Gasteiger partial charge in [-0.2, -0.15) is 0 Å². The van der Waals surface area contributed by atoms with Crippen LogP contribution >= 0.6 is 0 Å². The maximum atomic E-state index is 12.7. The number of aryl methyl sites for hydroxylation is 1. The van der Waals surface area contributed by atoms with E-state index in [9.17, 15) is 9.18 Å². The second-order valence-corrected chi connectivity index (χ2v) is 2.44. The number of halogens is 1. The molecular formula is C10H15FN2O2. The van der Waals surface area contributed by atoms with Crippen molar-refractivity contribution in [3.05, 3.63) is 23.6 Å². The van der Waals surface area contributed by atoms with Crippen LogP contribution in [0, 0.1) is 12.7 Å². The number of carbonyl (C=O) groups excluding carboxylic acids is 1. The molecule has 0 saturated carbocycles. The van der Waals surface area contributed by atoms with Crippen molar-refractivity contribution in [2.24, 2.45) is 0 Å². The summed E-state index contributed by atoms with van der Waals surface area (Å²) >= 11 is 0. The van der Waals surface area contributed by atoms with Crippen LogP contribution in [0.25, 0.3) is 0 Å². The number of hydrogen-bond acceptors (Lipinski definition) is 3. The molecule has 0 aliphatic rings. The summed E-state index contributed by atoms with van der Waals surface area (Å²) in [5, 5.41) is 2.32. The van der Waals surface area contributed by atoms with Gasteiger partial charge < -0.3 is 4.74 Å². The Morgan fingerprint density at radius 3 is 2.60 bits per heavy atom. The van der Waals surface area contributed by atoms with E-state index in [0.29, 0.717) is 5.56 Å². The van der Waals surface area contributed by atoms with Crippen molar-refractivity contribution < 1.29 is 13.9 Å². The van der Waals surface area contributed by atoms with Crippen LogP contribution in [-0.4, -0.2) is 18.2 Å². The van der Waals surface area contributed by atoms with Gasteiger partial charge in [0.2, 0.25) is 0 Å². The van der Waals surface area contributed by atoms with Gasteiger partial charge in [0.25, 0.3) is 0 Å². The smallest absolute Gasteiger partial charge is 0.412 e. The Morgan fingerprint density at radius 2 is 2.13 bits per heavy atom. The van der Waals surface area contributed by atoms with Crippen molar-refractivity contribution in [1.82, 2.24) is 4.98 Å². The molecule has 0 unspecified atom stereocenters. The Kier molecular flexibility index (Phi) is 6.01. The van der Waals surface area contributed by atoms with Crippen LogP contribution in [0.15, 0.2) is 12.3 Å². The average molecular weight is 214 g/mol. The molecule has 4 nitrogen and oxygen atoms in total. The first-order valence-electron chi connectivity index (χ1n) is 4.60. The number of carbonyl (C=O) groups is 1. The summed E-state index contributed by atoms with van der Waals surface area (Å²) in [6.45, 7) is 5.58. The van der Waals surface area contributed by atoms with Crippen LogP contribution in [0.4, 0.5) is 15.0 Å². The Balaban J connectivity index is 0.000000921. The van der Waals surface area contributed by atoms with E-state index < -0.39 is 11.9 Å². The number of methoxy groups -OCH3 is 1. The number of nitrogens with zero attached hydrogens (tertiary/aromatic N) is 1. The largest absolute Gasteiger partial charge is 0.453 e. The van der Waals surface area contributed by atoms with Crippen LogP contribution in [0.3, 0.4) is 0 Å². The van der Waals surface area contributed by atoms with Gasteiger partial charge >= 0.3 is 6.09 Å². The third kappa shape index (κ3) is 4.39. The van der Waals surface area contributed by atoms with E-state index in [1.807, 2.05) is 13.8 Å². The molecule has 0 atom stereocenters. The molecule has 1 rings (SSSR count). The SMILES string of the molecule is CC.COC(=O)Nc1cc(C)c(F)cn1. The first-order valence-corrected chi connectivity index (χ1v) is 4.60. The molecule has 1 aromatic rings. The fourth-order valence-electron chi connectivity index (χ4n) is 0.763. The van der Waals surface area contributed by atoms with E-state index in [-0.39, 0.29) is 5.82 Å². The van der Waals surface area contributed by atoms with Gasteiger partial charge in [-0.1, -0.05) is 13.8 Å². The van der Waals surface area contributed by atoms with E-state index in [1.54, 1.807) is 6.92 Å². The third-order valence-corrected chi connectivity index (χ3v) is 1.46. The molecule has 1 heterocycles. The fraction of sp³-hybridized carbons (Fsp3) is 0.400. The average Bonchev–Trinajstić information content (AvgIpc) is 2.26. The monoisotopic (exact) mass is 214 g/mol. The molecule has 15 heavy (non-hydrogen) atoms. The summed E-state index contributed by atoms with van der Waals surface area (Å²) < 4.78 is 17.1. The van der Waals surface area contributed by atoms with E-state index in [2.05, 4.69) is 15.0 Å². The summed E-state index contributed by atoms with van der Waals surface area (Å²) in [5.41, 5.74) is 0.418. The second-order valence-electron chi connectivity index (χ2n) is 2.44. The topological polar surface area (TPSA) is 51.2 Å². The third-order valence-electron chi connectivity index (χ3n) is 1.46. The normalized spacial score (nSPS) is 8.60. The lowest BCUT2D eigenvalue weighted by molar-refractivity contribution is 0.187. The van der Waals surface area contributed by atoms with Crippen LogP contribution in [0.2, 0.25) is 0 Å². The van der Waals surface area contributed by atoms with Gasteiger partial charge in [0.15, 0.2) is 0 Å². The highest BCUT2D eigenvalue weighted by atomic mass is 19.1. The van der Waals surface area contributed by atoms with Gasteiger partial charge in [-0.05, 0) is 18.6 Å². The van der Waals surface area contributed by atoms with Crippen LogP contribution in [0.5, 0.6) is 0 Å². The highest BCUT2D eigenvalue weighted by Gasteiger charge is 2.03. The van der Waals surface area contributed by atoms with Gasteiger partial charge in [0, 0.05) is 0 Å². The van der Waals surface area contributed by atoms with E-state index in [4.69, 9.17) is 0 Å². The highest BCUT2D eigenvalue weighted by molar-refractivity contribution is 5.83. The molecule has 1 aromatic heterocycles. The van der Waals surface area contributed by atoms with Crippen molar-refractivity contribution in [2.45, 2.75) is 20.8 Å². The molecule has 0 saturated heterocycles. The predicted molar refractivity (Wildman–Crippen MR) is 56.3 cm³/mol. The maximum absolute atomic E-state index is 12.7. The standard InChI is InChI=1S/C8H9FN2O2.C2H6/c1-5-3-7(10-4-6(5)9)11-8(12)13-2;1-2/h3-4H,1-2H3,(H,10,11,12);1-2H3. The predicted octanol–water partition coefficient (Wildman–Crippen LogP) is 2.73. The zero-order valence-electron chi connectivity index (χ0n) is 9.30. The lowest BCUT2D eigenvalue weighted by atomic mass is 10.3. The Hall–Kier alpha value is -1.65. The maximum Gasteiger partial charge on any atom is 0.412 e. The Bertz CT molecular complexity index is 329.